The van der Waals surface area contributed by atoms with Gasteiger partial charge in [-0.05, 0) is 17.5 Å². The van der Waals surface area contributed by atoms with Crippen molar-refractivity contribution < 1.29 is 19.8 Å². The van der Waals surface area contributed by atoms with Crippen LogP contribution in [-0.4, -0.2) is 22.0 Å². The summed E-state index contributed by atoms with van der Waals surface area (Å²) in [6, 6.07) is 7.51. The number of carboxylic acids is 1. The van der Waals surface area contributed by atoms with Crippen LogP contribution in [0.5, 0.6) is 0 Å². The highest BCUT2D eigenvalue weighted by Gasteiger charge is 2.49. The maximum atomic E-state index is 12.0. The number of aliphatic hydroxyl groups is 1. The Kier molecular flexibility index (Phi) is 1.90. The molecule has 1 aromatic carbocycles. The molecule has 0 saturated heterocycles. The molecule has 0 heterocycles. The van der Waals surface area contributed by atoms with E-state index in [9.17, 15) is 14.7 Å². The number of ketones is 1. The van der Waals surface area contributed by atoms with E-state index in [1.54, 1.807) is 0 Å². The van der Waals surface area contributed by atoms with Crippen molar-refractivity contribution in [1.29, 1.82) is 0 Å². The average Bonchev–Trinajstić information content (AvgIpc) is 2.84. The summed E-state index contributed by atoms with van der Waals surface area (Å²) >= 11 is 0. The first-order valence-corrected chi connectivity index (χ1v) is 5.40. The molecule has 4 heteroatoms. The van der Waals surface area contributed by atoms with Gasteiger partial charge in [-0.15, -0.1) is 0 Å². The number of allylic oxidation sites excluding steroid dienone is 1. The normalized spacial score (nSPS) is 28.1. The van der Waals surface area contributed by atoms with Crippen molar-refractivity contribution in [3.8, 4) is 0 Å². The van der Waals surface area contributed by atoms with Crippen LogP contribution in [0.25, 0.3) is 0 Å². The summed E-state index contributed by atoms with van der Waals surface area (Å²) in [4.78, 5) is 22.8. The molecule has 2 aliphatic carbocycles. The molecule has 0 amide bonds. The molecule has 0 aromatic heterocycles. The van der Waals surface area contributed by atoms with Gasteiger partial charge in [0.05, 0.1) is 5.57 Å². The smallest absolute Gasteiger partial charge is 0.371 e. The molecule has 3 rings (SSSR count). The standard InChI is InChI=1S/C13H10O4/c14-11-9-5-8(10(11)12(15)13(16)17)6-3-1-2-4-7(6)9/h1-4,8-9,15H,5H2,(H,16,17)/b12-10-. The van der Waals surface area contributed by atoms with Gasteiger partial charge in [-0.1, -0.05) is 24.3 Å². The molecular formula is C13H10O4. The highest BCUT2D eigenvalue weighted by atomic mass is 16.4. The van der Waals surface area contributed by atoms with Crippen LogP contribution in [0.3, 0.4) is 0 Å². The van der Waals surface area contributed by atoms with Gasteiger partial charge in [-0.3, -0.25) is 4.79 Å². The fraction of sp³-hybridized carbons (Fsp3) is 0.231. The Balaban J connectivity index is 2.20. The lowest BCUT2D eigenvalue weighted by Crippen LogP contribution is -2.17. The number of aliphatic carboxylic acids is 1. The molecule has 17 heavy (non-hydrogen) atoms. The molecular weight excluding hydrogens is 220 g/mol. The average molecular weight is 230 g/mol. The van der Waals surface area contributed by atoms with E-state index in [0.717, 1.165) is 11.1 Å². The van der Waals surface area contributed by atoms with Crippen molar-refractivity contribution in [3.63, 3.8) is 0 Å². The number of rotatable bonds is 1. The van der Waals surface area contributed by atoms with E-state index in [0.29, 0.717) is 6.42 Å². The number of fused-ring (bicyclic) bond motifs is 5. The van der Waals surface area contributed by atoms with Gasteiger partial charge in [-0.25, -0.2) is 4.79 Å². The Labute approximate surface area is 97.2 Å². The highest BCUT2D eigenvalue weighted by molar-refractivity contribution is 6.10. The molecule has 4 nitrogen and oxygen atoms in total. The summed E-state index contributed by atoms with van der Waals surface area (Å²) in [7, 11) is 0. The second-order valence-electron chi connectivity index (χ2n) is 4.40. The summed E-state index contributed by atoms with van der Waals surface area (Å²) < 4.78 is 0. The lowest BCUT2D eigenvalue weighted by molar-refractivity contribution is -0.136. The van der Waals surface area contributed by atoms with E-state index in [-0.39, 0.29) is 23.2 Å². The monoisotopic (exact) mass is 230 g/mol. The third-order valence-electron chi connectivity index (χ3n) is 3.61. The van der Waals surface area contributed by atoms with Crippen molar-refractivity contribution in [2.45, 2.75) is 18.3 Å². The first kappa shape index (κ1) is 10.1. The zero-order chi connectivity index (χ0) is 12.2. The zero-order valence-electron chi connectivity index (χ0n) is 8.88. The van der Waals surface area contributed by atoms with Crippen LogP contribution in [0.15, 0.2) is 35.6 Å². The topological polar surface area (TPSA) is 74.6 Å². The summed E-state index contributed by atoms with van der Waals surface area (Å²) in [6.45, 7) is 0. The van der Waals surface area contributed by atoms with Crippen molar-refractivity contribution >= 4 is 11.8 Å². The van der Waals surface area contributed by atoms with E-state index >= 15 is 0 Å². The third-order valence-corrected chi connectivity index (χ3v) is 3.61. The quantitative estimate of drug-likeness (QED) is 0.569. The van der Waals surface area contributed by atoms with Gasteiger partial charge in [0, 0.05) is 11.8 Å². The van der Waals surface area contributed by atoms with E-state index in [2.05, 4.69) is 0 Å². The summed E-state index contributed by atoms with van der Waals surface area (Å²) in [5.74, 6) is -2.99. The predicted octanol–water partition coefficient (Wildman–Crippen LogP) is 1.74. The zero-order valence-corrected chi connectivity index (χ0v) is 8.88. The van der Waals surface area contributed by atoms with E-state index in [1.165, 1.54) is 0 Å². The molecule has 0 radical (unpaired) electrons. The van der Waals surface area contributed by atoms with Crippen LogP contribution in [-0.2, 0) is 9.59 Å². The van der Waals surface area contributed by atoms with Crippen LogP contribution < -0.4 is 0 Å². The molecule has 1 fully saturated rings. The molecule has 2 unspecified atom stereocenters. The number of hydrogen-bond acceptors (Lipinski definition) is 3. The van der Waals surface area contributed by atoms with E-state index in [1.807, 2.05) is 24.3 Å². The number of carbonyl (C=O) groups is 2. The molecule has 2 atom stereocenters. The SMILES string of the molecule is O=C(O)/C(O)=C1/C(=O)C2CC1c1ccccc12. The van der Waals surface area contributed by atoms with Crippen LogP contribution >= 0.6 is 0 Å². The van der Waals surface area contributed by atoms with Crippen LogP contribution in [0.1, 0.15) is 29.4 Å². The van der Waals surface area contributed by atoms with Gasteiger partial charge in [-0.2, -0.15) is 0 Å². The number of carbonyl (C=O) groups excluding carboxylic acids is 1. The first-order valence-electron chi connectivity index (χ1n) is 5.40. The molecule has 86 valence electrons. The summed E-state index contributed by atoms with van der Waals surface area (Å²) in [5, 5.41) is 18.3. The van der Waals surface area contributed by atoms with Gasteiger partial charge in [0.1, 0.15) is 0 Å². The minimum absolute atomic E-state index is 0.0706. The Hall–Kier alpha value is -2.10. The lowest BCUT2D eigenvalue weighted by Gasteiger charge is -2.17. The lowest BCUT2D eigenvalue weighted by atomic mass is 9.86. The number of Topliss-reactive ketones (excluding diaryl/α,β-unsaturated/α-hetero) is 1. The van der Waals surface area contributed by atoms with E-state index in [4.69, 9.17) is 5.11 Å². The highest BCUT2D eigenvalue weighted by Crippen LogP contribution is 2.54. The largest absolute Gasteiger partial charge is 0.502 e. The third kappa shape index (κ3) is 1.18. The molecule has 2 bridgehead atoms. The molecule has 0 spiro atoms. The predicted molar refractivity (Wildman–Crippen MR) is 58.8 cm³/mol. The molecule has 0 aliphatic heterocycles. The Bertz CT molecular complexity index is 571. The van der Waals surface area contributed by atoms with Crippen LogP contribution in [0, 0.1) is 0 Å². The van der Waals surface area contributed by atoms with Crippen molar-refractivity contribution in [1.82, 2.24) is 0 Å². The second kappa shape index (κ2) is 3.20. The number of hydrogen-bond donors (Lipinski definition) is 2. The van der Waals surface area contributed by atoms with Gasteiger partial charge in [0.25, 0.3) is 0 Å². The number of carboxylic acid groups (broad SMARTS) is 1. The van der Waals surface area contributed by atoms with Crippen LogP contribution in [0.2, 0.25) is 0 Å². The first-order chi connectivity index (χ1) is 8.11. The summed E-state index contributed by atoms with van der Waals surface area (Å²) in [6.07, 6.45) is 0.588. The molecule has 1 aromatic rings. The fourth-order valence-electron chi connectivity index (χ4n) is 2.91. The van der Waals surface area contributed by atoms with Crippen molar-refractivity contribution in [2.24, 2.45) is 0 Å². The minimum Gasteiger partial charge on any atom is -0.502 e. The Morgan fingerprint density at radius 2 is 1.71 bits per heavy atom. The maximum absolute atomic E-state index is 12.0. The van der Waals surface area contributed by atoms with Gasteiger partial charge >= 0.3 is 5.97 Å². The number of aliphatic hydroxyl groups excluding tert-OH is 1. The van der Waals surface area contributed by atoms with Gasteiger partial charge in [0.2, 0.25) is 5.76 Å². The van der Waals surface area contributed by atoms with Crippen molar-refractivity contribution in [2.75, 3.05) is 0 Å². The molecule has 2 aliphatic rings. The maximum Gasteiger partial charge on any atom is 0.371 e. The second-order valence-corrected chi connectivity index (χ2v) is 4.40. The molecule has 1 saturated carbocycles. The van der Waals surface area contributed by atoms with Crippen molar-refractivity contribution in [3.05, 3.63) is 46.7 Å². The van der Waals surface area contributed by atoms with Gasteiger partial charge in [0.15, 0.2) is 5.78 Å². The van der Waals surface area contributed by atoms with Gasteiger partial charge < -0.3 is 10.2 Å². The fourth-order valence-corrected chi connectivity index (χ4v) is 2.91. The Morgan fingerprint density at radius 3 is 2.29 bits per heavy atom. The minimum atomic E-state index is -1.43. The van der Waals surface area contributed by atoms with E-state index < -0.39 is 11.7 Å². The Morgan fingerprint density at radius 1 is 1.12 bits per heavy atom. The van der Waals surface area contributed by atoms with Crippen LogP contribution in [0.4, 0.5) is 0 Å². The number of benzene rings is 1. The summed E-state index contributed by atoms with van der Waals surface area (Å²) in [5.41, 5.74) is 2.02. The molecule has 2 N–H and O–H groups in total.